The number of allylic oxidation sites excluding steroid dienone is 8. The summed E-state index contributed by atoms with van der Waals surface area (Å²) in [6.45, 7) is 5.18. The molecule has 0 saturated heterocycles. The first-order chi connectivity index (χ1) is 24.0. The fraction of sp³-hybridized carbons (Fsp3) is 0.738. The molecule has 0 atom stereocenters. The van der Waals surface area contributed by atoms with Crippen LogP contribution in [0.15, 0.2) is 48.6 Å². The summed E-state index contributed by atoms with van der Waals surface area (Å²) in [6, 6.07) is -0.684. The van der Waals surface area contributed by atoms with Crippen molar-refractivity contribution in [3.63, 3.8) is 0 Å². The van der Waals surface area contributed by atoms with Crippen LogP contribution in [0.3, 0.4) is 0 Å². The molecule has 0 aromatic carbocycles. The van der Waals surface area contributed by atoms with E-state index in [9.17, 15) is 14.4 Å². The Morgan fingerprint density at radius 2 is 0.816 bits per heavy atom. The van der Waals surface area contributed by atoms with Gasteiger partial charge in [0.1, 0.15) is 0 Å². The second kappa shape index (κ2) is 38.5. The number of nitrogens with one attached hydrogen (secondary N) is 1. The average molecular weight is 704 g/mol. The van der Waals surface area contributed by atoms with Crippen LogP contribution in [0.2, 0.25) is 0 Å². The van der Waals surface area contributed by atoms with E-state index in [1.807, 2.05) is 0 Å². The largest absolute Gasteiger partial charge is 0.466 e. The Kier molecular flexibility index (Phi) is 36.7. The summed E-state index contributed by atoms with van der Waals surface area (Å²) >= 11 is 3.76. The van der Waals surface area contributed by atoms with E-state index in [2.05, 4.69) is 80.4 Å². The number of unbranched alkanes of at least 4 members (excludes halogenated alkanes) is 18. The van der Waals surface area contributed by atoms with Crippen LogP contribution in [0, 0.1) is 0 Å². The highest BCUT2D eigenvalue weighted by Gasteiger charge is 2.20. The van der Waals surface area contributed by atoms with Crippen molar-refractivity contribution in [2.45, 2.75) is 187 Å². The molecule has 282 valence electrons. The van der Waals surface area contributed by atoms with Crippen LogP contribution < -0.4 is 5.32 Å². The van der Waals surface area contributed by atoms with Crippen molar-refractivity contribution in [1.29, 1.82) is 0 Å². The predicted octanol–water partition coefficient (Wildman–Crippen LogP) is 12.5. The van der Waals surface area contributed by atoms with Crippen molar-refractivity contribution in [1.82, 2.24) is 5.32 Å². The van der Waals surface area contributed by atoms with Crippen LogP contribution >= 0.6 is 12.6 Å². The maximum Gasteiger partial charge on any atom is 0.307 e. The molecule has 0 aliphatic rings. The van der Waals surface area contributed by atoms with Gasteiger partial charge in [0.25, 0.3) is 5.24 Å². The number of carbonyl (C=O) groups is 3. The minimum atomic E-state index is -0.684. The third kappa shape index (κ3) is 38.4. The fourth-order valence-corrected chi connectivity index (χ4v) is 5.60. The number of rotatable bonds is 35. The Labute approximate surface area is 306 Å². The van der Waals surface area contributed by atoms with Crippen molar-refractivity contribution in [2.24, 2.45) is 0 Å². The molecule has 7 heteroatoms. The van der Waals surface area contributed by atoms with Crippen LogP contribution in [0.1, 0.15) is 181 Å². The van der Waals surface area contributed by atoms with Gasteiger partial charge >= 0.3 is 11.9 Å². The summed E-state index contributed by atoms with van der Waals surface area (Å²) in [4.78, 5) is 36.2. The average Bonchev–Trinajstić information content (AvgIpc) is 3.07. The van der Waals surface area contributed by atoms with Crippen LogP contribution in [0.5, 0.6) is 0 Å². The van der Waals surface area contributed by atoms with E-state index in [1.165, 1.54) is 89.9 Å². The molecule has 0 rings (SSSR count). The van der Waals surface area contributed by atoms with E-state index in [1.54, 1.807) is 0 Å². The van der Waals surface area contributed by atoms with E-state index < -0.39 is 23.2 Å². The molecule has 0 aromatic heterocycles. The molecule has 1 N–H and O–H groups in total. The number of hydrogen-bond donors (Lipinski definition) is 2. The second-order valence-electron chi connectivity index (χ2n) is 13.2. The number of amides is 1. The monoisotopic (exact) mass is 704 g/mol. The van der Waals surface area contributed by atoms with Gasteiger partial charge in [0, 0.05) is 0 Å². The van der Waals surface area contributed by atoms with Crippen molar-refractivity contribution < 1.29 is 23.9 Å². The Bertz CT molecular complexity index is 834. The molecule has 1 amide bonds. The first kappa shape index (κ1) is 46.7. The maximum atomic E-state index is 12.3. The third-order valence-electron chi connectivity index (χ3n) is 8.37. The number of esters is 2. The van der Waals surface area contributed by atoms with E-state index in [0.29, 0.717) is 13.2 Å². The standard InChI is InChI=1S/C42H73NO5S/c1-3-5-7-9-11-13-15-17-19-21-23-25-27-29-31-33-35-47-40(44)37-39(43-42(46)49)38-41(45)48-36-34-32-30-28-26-24-22-20-18-16-14-12-10-8-6-4-2/h11-14,17-20,39H,3-10,15-16,21-38H2,1-2H3,(H2,43,46,49)/b13-11-,14-12-,19-17-,20-18-. The number of thiol groups is 1. The Morgan fingerprint density at radius 1 is 0.490 bits per heavy atom. The van der Waals surface area contributed by atoms with Gasteiger partial charge in [-0.2, -0.15) is 0 Å². The van der Waals surface area contributed by atoms with Gasteiger partial charge in [-0.25, -0.2) is 0 Å². The van der Waals surface area contributed by atoms with Gasteiger partial charge in [-0.3, -0.25) is 14.4 Å². The van der Waals surface area contributed by atoms with E-state index in [4.69, 9.17) is 9.47 Å². The van der Waals surface area contributed by atoms with Gasteiger partial charge in [-0.15, -0.1) is 0 Å². The molecule has 0 heterocycles. The summed E-state index contributed by atoms with van der Waals surface area (Å²) in [7, 11) is 0. The zero-order chi connectivity index (χ0) is 35.9. The van der Waals surface area contributed by atoms with E-state index in [-0.39, 0.29) is 12.8 Å². The lowest BCUT2D eigenvalue weighted by molar-refractivity contribution is -0.146. The SMILES string of the molecule is CCCCC/C=C\C/C=C\CCCCCCCCOC(=O)CC(CC(=O)OCCCCCCCC/C=C\C/C=C\CCCCC)NC(=O)S. The highest BCUT2D eigenvalue weighted by molar-refractivity contribution is 7.96. The first-order valence-electron chi connectivity index (χ1n) is 19.9. The molecule has 49 heavy (non-hydrogen) atoms. The second-order valence-corrected chi connectivity index (χ2v) is 13.6. The van der Waals surface area contributed by atoms with Crippen LogP contribution in [0.25, 0.3) is 0 Å². The maximum absolute atomic E-state index is 12.3. The number of carbonyl (C=O) groups excluding carboxylic acids is 3. The molecular weight excluding hydrogens is 631 g/mol. The third-order valence-corrected chi connectivity index (χ3v) is 8.50. The van der Waals surface area contributed by atoms with Gasteiger partial charge < -0.3 is 14.8 Å². The Hall–Kier alpha value is -2.28. The smallest absolute Gasteiger partial charge is 0.307 e. The molecule has 0 spiro atoms. The predicted molar refractivity (Wildman–Crippen MR) is 211 cm³/mol. The normalized spacial score (nSPS) is 11.9. The molecule has 0 fully saturated rings. The molecule has 0 aromatic rings. The molecule has 0 aliphatic carbocycles. The molecule has 0 radical (unpaired) electrons. The van der Waals surface area contributed by atoms with Crippen LogP contribution in [-0.2, 0) is 19.1 Å². The fourth-order valence-electron chi connectivity index (χ4n) is 5.42. The summed E-state index contributed by atoms with van der Waals surface area (Å²) in [6.07, 6.45) is 45.8. The summed E-state index contributed by atoms with van der Waals surface area (Å²) < 4.78 is 10.7. The quantitative estimate of drug-likeness (QED) is 0.0297. The summed E-state index contributed by atoms with van der Waals surface area (Å²) in [5.41, 5.74) is 0. The Morgan fingerprint density at radius 3 is 1.16 bits per heavy atom. The van der Waals surface area contributed by atoms with Gasteiger partial charge in [-0.05, 0) is 77.0 Å². The van der Waals surface area contributed by atoms with Gasteiger partial charge in [0.15, 0.2) is 0 Å². The highest BCUT2D eigenvalue weighted by Crippen LogP contribution is 2.11. The van der Waals surface area contributed by atoms with Gasteiger partial charge in [0.05, 0.1) is 32.1 Å². The molecule has 0 saturated carbocycles. The number of ether oxygens (including phenoxy) is 2. The van der Waals surface area contributed by atoms with Crippen molar-refractivity contribution in [3.05, 3.63) is 48.6 Å². The summed E-state index contributed by atoms with van der Waals surface area (Å²) in [5.74, 6) is -0.847. The van der Waals surface area contributed by atoms with E-state index in [0.717, 1.165) is 64.2 Å². The van der Waals surface area contributed by atoms with E-state index >= 15 is 0 Å². The van der Waals surface area contributed by atoms with Crippen molar-refractivity contribution in [3.8, 4) is 0 Å². The van der Waals surface area contributed by atoms with Crippen LogP contribution in [-0.4, -0.2) is 36.4 Å². The van der Waals surface area contributed by atoms with Gasteiger partial charge in [0.2, 0.25) is 0 Å². The zero-order valence-corrected chi connectivity index (χ0v) is 32.4. The minimum absolute atomic E-state index is 0.0749. The van der Waals surface area contributed by atoms with Crippen molar-refractivity contribution in [2.75, 3.05) is 13.2 Å². The summed E-state index contributed by atoms with van der Waals surface area (Å²) in [5, 5.41) is 1.98. The molecule has 0 aliphatic heterocycles. The Balaban J connectivity index is 3.80. The van der Waals surface area contributed by atoms with Gasteiger partial charge in [-0.1, -0.05) is 152 Å². The molecular formula is C42H73NO5S. The molecule has 6 nitrogen and oxygen atoms in total. The first-order valence-corrected chi connectivity index (χ1v) is 20.3. The minimum Gasteiger partial charge on any atom is -0.466 e. The molecule has 0 unspecified atom stereocenters. The topological polar surface area (TPSA) is 81.7 Å². The lowest BCUT2D eigenvalue weighted by Crippen LogP contribution is -2.36. The zero-order valence-electron chi connectivity index (χ0n) is 31.5. The highest BCUT2D eigenvalue weighted by atomic mass is 32.1. The number of hydrogen-bond acceptors (Lipinski definition) is 5. The van der Waals surface area contributed by atoms with Crippen LogP contribution in [0.4, 0.5) is 4.79 Å². The lowest BCUT2D eigenvalue weighted by atomic mass is 10.1. The lowest BCUT2D eigenvalue weighted by Gasteiger charge is -2.16. The van der Waals surface area contributed by atoms with Crippen molar-refractivity contribution >= 4 is 29.8 Å². The molecule has 0 bridgehead atoms.